The minimum atomic E-state index is -2.48. The van der Waals surface area contributed by atoms with Crippen LogP contribution in [-0.4, -0.2) is 18.2 Å². The lowest BCUT2D eigenvalue weighted by Crippen LogP contribution is -2.28. The molecule has 1 unspecified atom stereocenters. The Hall–Kier alpha value is -1.16. The Morgan fingerprint density at radius 1 is 1.38 bits per heavy atom. The highest BCUT2D eigenvalue weighted by Crippen LogP contribution is 2.33. The fraction of sp³-hybridized carbons (Fsp3) is 0.500. The zero-order valence-corrected chi connectivity index (χ0v) is 8.92. The van der Waals surface area contributed by atoms with Crippen molar-refractivity contribution < 1.29 is 13.9 Å². The molecule has 1 saturated heterocycles. The van der Waals surface area contributed by atoms with E-state index in [1.54, 1.807) is 0 Å². The number of benzene rings is 1. The van der Waals surface area contributed by atoms with Gasteiger partial charge in [0.15, 0.2) is 0 Å². The molecule has 1 aliphatic heterocycles. The number of halogens is 2. The smallest absolute Gasteiger partial charge is 0.263 e. The fourth-order valence-electron chi connectivity index (χ4n) is 2.15. The molecular weight excluding hydrogens is 212 g/mol. The third kappa shape index (κ3) is 2.32. The van der Waals surface area contributed by atoms with Crippen molar-refractivity contribution in [2.24, 2.45) is 0 Å². The molecule has 0 aromatic heterocycles. The first-order valence-corrected chi connectivity index (χ1v) is 5.50. The molecule has 2 nitrogen and oxygen atoms in total. The van der Waals surface area contributed by atoms with E-state index >= 15 is 0 Å². The lowest BCUT2D eigenvalue weighted by molar-refractivity contribution is 0.151. The molecule has 1 aliphatic rings. The van der Waals surface area contributed by atoms with Crippen LogP contribution >= 0.6 is 0 Å². The van der Waals surface area contributed by atoms with E-state index in [0.29, 0.717) is 5.56 Å². The first kappa shape index (κ1) is 11.3. The van der Waals surface area contributed by atoms with Gasteiger partial charge in [0.05, 0.1) is 0 Å². The van der Waals surface area contributed by atoms with Gasteiger partial charge in [-0.3, -0.25) is 0 Å². The maximum atomic E-state index is 12.5. The molecule has 16 heavy (non-hydrogen) atoms. The van der Waals surface area contributed by atoms with E-state index in [0.717, 1.165) is 25.9 Å². The monoisotopic (exact) mass is 227 g/mol. The quantitative estimate of drug-likeness (QED) is 0.814. The first-order chi connectivity index (χ1) is 7.68. The largest absolute Gasteiger partial charge is 0.508 e. The second-order valence-electron chi connectivity index (χ2n) is 4.16. The molecule has 1 aromatic rings. The highest BCUT2D eigenvalue weighted by Gasteiger charge is 2.20. The Balaban J connectivity index is 2.27. The van der Waals surface area contributed by atoms with Gasteiger partial charge in [-0.1, -0.05) is 0 Å². The number of nitrogens with one attached hydrogen (secondary N) is 1. The molecule has 1 aromatic carbocycles. The van der Waals surface area contributed by atoms with Crippen LogP contribution in [0.1, 0.15) is 36.3 Å². The van der Waals surface area contributed by atoms with Crippen LogP contribution in [0.3, 0.4) is 0 Å². The lowest BCUT2D eigenvalue weighted by Gasteiger charge is -2.24. The summed E-state index contributed by atoms with van der Waals surface area (Å²) in [4.78, 5) is 0. The Labute approximate surface area is 93.3 Å². The van der Waals surface area contributed by atoms with E-state index in [2.05, 4.69) is 5.32 Å². The summed E-state index contributed by atoms with van der Waals surface area (Å²) >= 11 is 0. The van der Waals surface area contributed by atoms with Crippen LogP contribution in [0, 0.1) is 0 Å². The van der Waals surface area contributed by atoms with Gasteiger partial charge in [0.2, 0.25) is 0 Å². The maximum absolute atomic E-state index is 12.5. The fourth-order valence-corrected chi connectivity index (χ4v) is 2.15. The average molecular weight is 227 g/mol. The van der Waals surface area contributed by atoms with Gasteiger partial charge in [-0.15, -0.1) is 0 Å². The summed E-state index contributed by atoms with van der Waals surface area (Å²) < 4.78 is 25.1. The number of piperidine rings is 1. The molecule has 0 radical (unpaired) electrons. The molecular formula is C12H15F2NO. The van der Waals surface area contributed by atoms with Crippen LogP contribution in [0.15, 0.2) is 18.2 Å². The van der Waals surface area contributed by atoms with Gasteiger partial charge in [-0.2, -0.15) is 0 Å². The van der Waals surface area contributed by atoms with E-state index < -0.39 is 6.43 Å². The van der Waals surface area contributed by atoms with Crippen LogP contribution < -0.4 is 5.32 Å². The zero-order chi connectivity index (χ0) is 11.5. The van der Waals surface area contributed by atoms with E-state index in [1.807, 2.05) is 0 Å². The van der Waals surface area contributed by atoms with Gasteiger partial charge in [-0.05, 0) is 43.1 Å². The SMILES string of the molecule is Oc1ccc(C(F)F)cc1C1CCCNC1. The Bertz CT molecular complexity index is 362. The molecule has 88 valence electrons. The lowest BCUT2D eigenvalue weighted by atomic mass is 9.90. The van der Waals surface area contributed by atoms with Gasteiger partial charge in [0, 0.05) is 18.0 Å². The normalized spacial score (nSPS) is 21.3. The van der Waals surface area contributed by atoms with Gasteiger partial charge in [0.25, 0.3) is 6.43 Å². The van der Waals surface area contributed by atoms with E-state index in [4.69, 9.17) is 0 Å². The van der Waals surface area contributed by atoms with Crippen molar-refractivity contribution in [3.05, 3.63) is 29.3 Å². The summed E-state index contributed by atoms with van der Waals surface area (Å²) in [7, 11) is 0. The number of phenols is 1. The van der Waals surface area contributed by atoms with Gasteiger partial charge in [0.1, 0.15) is 5.75 Å². The van der Waals surface area contributed by atoms with Crippen LogP contribution in [0.5, 0.6) is 5.75 Å². The molecule has 0 saturated carbocycles. The van der Waals surface area contributed by atoms with Crippen molar-refractivity contribution in [2.75, 3.05) is 13.1 Å². The highest BCUT2D eigenvalue weighted by atomic mass is 19.3. The summed E-state index contributed by atoms with van der Waals surface area (Å²) in [6.45, 7) is 1.71. The van der Waals surface area contributed by atoms with E-state index in [1.165, 1.54) is 18.2 Å². The summed E-state index contributed by atoms with van der Waals surface area (Å²) in [6, 6.07) is 4.07. The summed E-state index contributed by atoms with van der Waals surface area (Å²) in [5.41, 5.74) is 0.628. The van der Waals surface area contributed by atoms with Gasteiger partial charge in [-0.25, -0.2) is 8.78 Å². The van der Waals surface area contributed by atoms with Crippen LogP contribution in [0.25, 0.3) is 0 Å². The summed E-state index contributed by atoms with van der Waals surface area (Å²) in [5, 5.41) is 12.9. The summed E-state index contributed by atoms with van der Waals surface area (Å²) in [5.74, 6) is 0.269. The second kappa shape index (κ2) is 4.78. The standard InChI is InChI=1S/C12H15F2NO/c13-12(14)8-3-4-11(16)10(6-8)9-2-1-5-15-7-9/h3-4,6,9,12,15-16H,1-2,5,7H2. The number of rotatable bonds is 2. The molecule has 2 N–H and O–H groups in total. The van der Waals surface area contributed by atoms with Crippen molar-refractivity contribution in [1.29, 1.82) is 0 Å². The van der Waals surface area contributed by atoms with Gasteiger partial charge < -0.3 is 10.4 Å². The number of hydrogen-bond donors (Lipinski definition) is 2. The molecule has 0 bridgehead atoms. The van der Waals surface area contributed by atoms with Crippen molar-refractivity contribution in [2.45, 2.75) is 25.2 Å². The predicted octanol–water partition coefficient (Wildman–Crippen LogP) is 2.80. The zero-order valence-electron chi connectivity index (χ0n) is 8.92. The van der Waals surface area contributed by atoms with Crippen molar-refractivity contribution in [3.63, 3.8) is 0 Å². The Kier molecular flexibility index (Phi) is 3.39. The molecule has 4 heteroatoms. The molecule has 0 amide bonds. The maximum Gasteiger partial charge on any atom is 0.263 e. The van der Waals surface area contributed by atoms with Crippen LogP contribution in [0.4, 0.5) is 8.78 Å². The van der Waals surface area contributed by atoms with Crippen LogP contribution in [-0.2, 0) is 0 Å². The first-order valence-electron chi connectivity index (χ1n) is 5.50. The number of aromatic hydroxyl groups is 1. The minimum absolute atomic E-state index is 0.0154. The molecule has 1 heterocycles. The van der Waals surface area contributed by atoms with Gasteiger partial charge >= 0.3 is 0 Å². The number of hydrogen-bond acceptors (Lipinski definition) is 2. The van der Waals surface area contributed by atoms with Crippen molar-refractivity contribution in [1.82, 2.24) is 5.32 Å². The number of alkyl halides is 2. The third-order valence-electron chi connectivity index (χ3n) is 3.04. The molecule has 1 atom stereocenters. The minimum Gasteiger partial charge on any atom is -0.508 e. The Morgan fingerprint density at radius 3 is 2.81 bits per heavy atom. The second-order valence-corrected chi connectivity index (χ2v) is 4.16. The van der Waals surface area contributed by atoms with Crippen molar-refractivity contribution in [3.8, 4) is 5.75 Å². The van der Waals surface area contributed by atoms with E-state index in [9.17, 15) is 13.9 Å². The van der Waals surface area contributed by atoms with Crippen LogP contribution in [0.2, 0.25) is 0 Å². The van der Waals surface area contributed by atoms with E-state index in [-0.39, 0.29) is 17.2 Å². The molecule has 0 aliphatic carbocycles. The number of phenolic OH excluding ortho intramolecular Hbond substituents is 1. The molecule has 0 spiro atoms. The summed E-state index contributed by atoms with van der Waals surface area (Å²) in [6.07, 6.45) is -0.521. The Morgan fingerprint density at radius 2 is 2.19 bits per heavy atom. The predicted molar refractivity (Wildman–Crippen MR) is 57.9 cm³/mol. The highest BCUT2D eigenvalue weighted by molar-refractivity contribution is 5.39. The topological polar surface area (TPSA) is 32.3 Å². The molecule has 1 fully saturated rings. The molecule has 2 rings (SSSR count). The average Bonchev–Trinajstić information content (AvgIpc) is 2.30. The van der Waals surface area contributed by atoms with Crippen molar-refractivity contribution >= 4 is 0 Å². The third-order valence-corrected chi connectivity index (χ3v) is 3.04.